The topological polar surface area (TPSA) is 42.5 Å². The number of fused-ring (bicyclic) bond motifs is 2. The largest absolute Gasteiger partial charge is 0.573 e. The second-order valence-corrected chi connectivity index (χ2v) is 7.75. The number of piperidine rings is 1. The highest BCUT2D eigenvalue weighted by molar-refractivity contribution is 5.40. The summed E-state index contributed by atoms with van der Waals surface area (Å²) < 4.78 is 47.2. The number of rotatable bonds is 6. The maximum atomic E-state index is 12.6. The highest BCUT2D eigenvalue weighted by atomic mass is 19.4. The van der Waals surface area contributed by atoms with Gasteiger partial charge in [0.15, 0.2) is 0 Å². The van der Waals surface area contributed by atoms with E-state index in [9.17, 15) is 13.2 Å². The van der Waals surface area contributed by atoms with E-state index in [0.717, 1.165) is 25.7 Å². The molecule has 2 saturated heterocycles. The predicted molar refractivity (Wildman–Crippen MR) is 104 cm³/mol. The van der Waals surface area contributed by atoms with Crippen molar-refractivity contribution in [3.8, 4) is 11.5 Å². The molecular weight excluding hydrogens is 381 g/mol. The Hall–Kier alpha value is -2.25. The number of nitrogens with one attached hydrogen (secondary N) is 2. The standard InChI is InChI=1S/C22H25F3N2O2/c1-28-19-9-8-18(29-22(23,24)25)13-15(19)14-26-20-10-7-17-11-12-21(20,27-17)16-5-3-2-4-6-16/h2-6,8-9,13,17,20,26-27H,7,10-12,14H2,1H3. The minimum Gasteiger partial charge on any atom is -0.496 e. The van der Waals surface area contributed by atoms with Gasteiger partial charge in [0.1, 0.15) is 11.5 Å². The molecule has 0 aliphatic carbocycles. The fourth-order valence-electron chi connectivity index (χ4n) is 4.78. The fraction of sp³-hybridized carbons (Fsp3) is 0.455. The highest BCUT2D eigenvalue weighted by Crippen LogP contribution is 2.43. The van der Waals surface area contributed by atoms with Crippen LogP contribution in [0, 0.1) is 0 Å². The van der Waals surface area contributed by atoms with Crippen molar-refractivity contribution >= 4 is 0 Å². The van der Waals surface area contributed by atoms with E-state index in [-0.39, 0.29) is 17.3 Å². The van der Waals surface area contributed by atoms with Crippen LogP contribution in [0.2, 0.25) is 0 Å². The molecule has 0 saturated carbocycles. The number of halogens is 3. The number of methoxy groups -OCH3 is 1. The van der Waals surface area contributed by atoms with Crippen molar-refractivity contribution in [2.45, 2.75) is 56.2 Å². The molecule has 29 heavy (non-hydrogen) atoms. The minimum absolute atomic E-state index is 0.155. The number of hydrogen-bond donors (Lipinski definition) is 2. The summed E-state index contributed by atoms with van der Waals surface area (Å²) in [5.41, 5.74) is 1.73. The van der Waals surface area contributed by atoms with Gasteiger partial charge in [0.2, 0.25) is 0 Å². The summed E-state index contributed by atoms with van der Waals surface area (Å²) in [6.45, 7) is 0.393. The molecule has 0 spiro atoms. The monoisotopic (exact) mass is 406 g/mol. The molecule has 2 bridgehead atoms. The van der Waals surface area contributed by atoms with E-state index in [2.05, 4.69) is 27.5 Å². The van der Waals surface area contributed by atoms with E-state index >= 15 is 0 Å². The number of alkyl halides is 3. The number of ether oxygens (including phenoxy) is 2. The summed E-state index contributed by atoms with van der Waals surface area (Å²) >= 11 is 0. The zero-order valence-electron chi connectivity index (χ0n) is 16.3. The van der Waals surface area contributed by atoms with Crippen molar-refractivity contribution in [2.24, 2.45) is 0 Å². The van der Waals surface area contributed by atoms with Crippen molar-refractivity contribution < 1.29 is 22.6 Å². The van der Waals surface area contributed by atoms with Gasteiger partial charge < -0.3 is 20.1 Å². The lowest BCUT2D eigenvalue weighted by molar-refractivity contribution is -0.274. The van der Waals surface area contributed by atoms with E-state index in [1.807, 2.05) is 18.2 Å². The quantitative estimate of drug-likeness (QED) is 0.742. The Kier molecular flexibility index (Phi) is 5.44. The average Bonchev–Trinajstić information content (AvgIpc) is 3.05. The third-order valence-corrected chi connectivity index (χ3v) is 6.06. The first-order valence-corrected chi connectivity index (χ1v) is 9.89. The van der Waals surface area contributed by atoms with Crippen molar-refractivity contribution in [1.82, 2.24) is 10.6 Å². The zero-order valence-corrected chi connectivity index (χ0v) is 16.3. The molecule has 7 heteroatoms. The van der Waals surface area contributed by atoms with E-state index in [0.29, 0.717) is 23.9 Å². The Morgan fingerprint density at radius 1 is 1.10 bits per heavy atom. The Balaban J connectivity index is 1.55. The first-order valence-electron chi connectivity index (χ1n) is 9.89. The van der Waals surface area contributed by atoms with Crippen molar-refractivity contribution in [2.75, 3.05) is 7.11 Å². The molecule has 4 nitrogen and oxygen atoms in total. The molecule has 3 unspecified atom stereocenters. The second kappa shape index (κ2) is 7.88. The molecule has 156 valence electrons. The SMILES string of the molecule is COc1ccc(OC(F)(F)F)cc1CNC1CCC2CCC1(c1ccccc1)N2. The van der Waals surface area contributed by atoms with Gasteiger partial charge in [-0.15, -0.1) is 13.2 Å². The summed E-state index contributed by atoms with van der Waals surface area (Å²) in [6, 6.07) is 15.3. The van der Waals surface area contributed by atoms with E-state index in [1.165, 1.54) is 30.9 Å². The first kappa shape index (κ1) is 20.0. The normalized spacial score (nSPS) is 26.3. The van der Waals surface area contributed by atoms with Gasteiger partial charge >= 0.3 is 6.36 Å². The molecular formula is C22H25F3N2O2. The first-order chi connectivity index (χ1) is 13.9. The van der Waals surface area contributed by atoms with Gasteiger partial charge in [-0.05, 0) is 49.4 Å². The summed E-state index contributed by atoms with van der Waals surface area (Å²) in [6.07, 6.45) is -0.462. The van der Waals surface area contributed by atoms with Crippen molar-refractivity contribution in [1.29, 1.82) is 0 Å². The third-order valence-electron chi connectivity index (χ3n) is 6.06. The van der Waals surface area contributed by atoms with Gasteiger partial charge in [-0.1, -0.05) is 30.3 Å². The fourth-order valence-corrected chi connectivity index (χ4v) is 4.78. The molecule has 2 aromatic rings. The van der Waals surface area contributed by atoms with Crippen LogP contribution in [0.3, 0.4) is 0 Å². The van der Waals surface area contributed by atoms with Gasteiger partial charge in [0.25, 0.3) is 0 Å². The van der Waals surface area contributed by atoms with Crippen molar-refractivity contribution in [3.63, 3.8) is 0 Å². The van der Waals surface area contributed by atoms with E-state index in [4.69, 9.17) is 4.74 Å². The smallest absolute Gasteiger partial charge is 0.496 e. The molecule has 2 aromatic carbocycles. The van der Waals surface area contributed by atoms with Crippen LogP contribution in [0.4, 0.5) is 13.2 Å². The summed E-state index contributed by atoms with van der Waals surface area (Å²) in [7, 11) is 1.51. The van der Waals surface area contributed by atoms with Gasteiger partial charge in [0, 0.05) is 24.2 Å². The molecule has 2 aliphatic heterocycles. The summed E-state index contributed by atoms with van der Waals surface area (Å²) in [5.74, 6) is 0.296. The van der Waals surface area contributed by atoms with E-state index in [1.54, 1.807) is 0 Å². The summed E-state index contributed by atoms with van der Waals surface area (Å²) in [5, 5.41) is 7.40. The molecule has 2 heterocycles. The van der Waals surface area contributed by atoms with Crippen LogP contribution >= 0.6 is 0 Å². The molecule has 0 amide bonds. The van der Waals surface area contributed by atoms with Gasteiger partial charge in [-0.25, -0.2) is 0 Å². The number of benzene rings is 2. The lowest BCUT2D eigenvalue weighted by atomic mass is 9.79. The van der Waals surface area contributed by atoms with E-state index < -0.39 is 6.36 Å². The van der Waals surface area contributed by atoms with Gasteiger partial charge in [-0.3, -0.25) is 0 Å². The Bertz CT molecular complexity index is 844. The molecule has 0 aromatic heterocycles. The van der Waals surface area contributed by atoms with Crippen LogP contribution in [0.15, 0.2) is 48.5 Å². The van der Waals surface area contributed by atoms with Gasteiger partial charge in [0.05, 0.1) is 12.6 Å². The average molecular weight is 406 g/mol. The van der Waals surface area contributed by atoms with Crippen LogP contribution in [0.25, 0.3) is 0 Å². The van der Waals surface area contributed by atoms with Crippen LogP contribution in [-0.4, -0.2) is 25.6 Å². The molecule has 2 aliphatic rings. The predicted octanol–water partition coefficient (Wildman–Crippen LogP) is 4.49. The van der Waals surface area contributed by atoms with Gasteiger partial charge in [-0.2, -0.15) is 0 Å². The summed E-state index contributed by atoms with van der Waals surface area (Å²) in [4.78, 5) is 0. The lowest BCUT2D eigenvalue weighted by Gasteiger charge is -2.43. The molecule has 0 radical (unpaired) electrons. The lowest BCUT2D eigenvalue weighted by Crippen LogP contribution is -2.58. The zero-order chi connectivity index (χ0) is 20.5. The minimum atomic E-state index is -4.72. The molecule has 2 fully saturated rings. The van der Waals surface area contributed by atoms with Crippen molar-refractivity contribution in [3.05, 3.63) is 59.7 Å². The third kappa shape index (κ3) is 4.21. The second-order valence-electron chi connectivity index (χ2n) is 7.75. The number of hydrogen-bond acceptors (Lipinski definition) is 4. The van der Waals surface area contributed by atoms with Crippen LogP contribution < -0.4 is 20.1 Å². The maximum absolute atomic E-state index is 12.6. The molecule has 3 atom stereocenters. The Labute approximate surface area is 168 Å². The Morgan fingerprint density at radius 2 is 1.90 bits per heavy atom. The van der Waals surface area contributed by atoms with Crippen LogP contribution in [0.5, 0.6) is 11.5 Å². The highest BCUT2D eigenvalue weighted by Gasteiger charge is 2.48. The Morgan fingerprint density at radius 3 is 2.62 bits per heavy atom. The molecule has 2 N–H and O–H groups in total. The van der Waals surface area contributed by atoms with Crippen LogP contribution in [-0.2, 0) is 12.1 Å². The molecule has 4 rings (SSSR count). The maximum Gasteiger partial charge on any atom is 0.573 e. The van der Waals surface area contributed by atoms with Crippen LogP contribution in [0.1, 0.15) is 36.8 Å².